The molecule has 1 amide bonds. The minimum Gasteiger partial charge on any atom is -0.354 e. The Bertz CT molecular complexity index is 415. The van der Waals surface area contributed by atoms with Gasteiger partial charge in [0.15, 0.2) is 0 Å². The van der Waals surface area contributed by atoms with Gasteiger partial charge in [-0.3, -0.25) is 9.48 Å². The third-order valence-corrected chi connectivity index (χ3v) is 3.23. The molecule has 0 saturated carbocycles. The molecule has 2 heterocycles. The minimum atomic E-state index is 0.0325. The molecule has 2 N–H and O–H groups in total. The molecular formula is C10H15ClN4O. The molecule has 16 heavy (non-hydrogen) atoms. The second-order valence-corrected chi connectivity index (χ2v) is 4.35. The lowest BCUT2D eigenvalue weighted by atomic mass is 10.2. The van der Waals surface area contributed by atoms with Crippen molar-refractivity contribution in [3.8, 4) is 0 Å². The van der Waals surface area contributed by atoms with Gasteiger partial charge in [0.2, 0.25) is 5.91 Å². The van der Waals surface area contributed by atoms with E-state index < -0.39 is 0 Å². The number of nitrogens with zero attached hydrogens (tertiary/aromatic N) is 2. The topological polar surface area (TPSA) is 59.0 Å². The maximum atomic E-state index is 11.2. The molecule has 88 valence electrons. The zero-order chi connectivity index (χ0) is 11.7. The first kappa shape index (κ1) is 11.4. The lowest BCUT2D eigenvalue weighted by Gasteiger charge is -2.16. The Morgan fingerprint density at radius 2 is 2.31 bits per heavy atom. The smallest absolute Gasteiger partial charge is 0.221 e. The summed E-state index contributed by atoms with van der Waals surface area (Å²) in [5, 5.41) is 11.1. The van der Waals surface area contributed by atoms with Crippen LogP contribution in [0.1, 0.15) is 23.9 Å². The van der Waals surface area contributed by atoms with Gasteiger partial charge in [-0.2, -0.15) is 5.10 Å². The van der Waals surface area contributed by atoms with E-state index >= 15 is 0 Å². The average Bonchev–Trinajstić information content (AvgIpc) is 2.42. The molecule has 1 saturated heterocycles. The summed E-state index contributed by atoms with van der Waals surface area (Å²) in [4.78, 5) is 11.2. The molecule has 1 aliphatic heterocycles. The summed E-state index contributed by atoms with van der Waals surface area (Å²) < 4.78 is 1.77. The largest absolute Gasteiger partial charge is 0.354 e. The summed E-state index contributed by atoms with van der Waals surface area (Å²) in [6, 6.07) is 0.0325. The third kappa shape index (κ3) is 2.05. The Kier molecular flexibility index (Phi) is 3.16. The van der Waals surface area contributed by atoms with Crippen molar-refractivity contribution in [3.63, 3.8) is 0 Å². The first-order chi connectivity index (χ1) is 7.59. The number of amides is 1. The van der Waals surface area contributed by atoms with Gasteiger partial charge in [-0.15, -0.1) is 0 Å². The van der Waals surface area contributed by atoms with E-state index in [2.05, 4.69) is 15.7 Å². The van der Waals surface area contributed by atoms with Crippen LogP contribution in [0.4, 0.5) is 0 Å². The number of carbonyl (C=O) groups is 1. The second kappa shape index (κ2) is 4.43. The van der Waals surface area contributed by atoms with Crippen LogP contribution >= 0.6 is 11.6 Å². The van der Waals surface area contributed by atoms with Gasteiger partial charge in [-0.25, -0.2) is 0 Å². The van der Waals surface area contributed by atoms with E-state index in [1.807, 2.05) is 14.0 Å². The van der Waals surface area contributed by atoms with E-state index in [-0.39, 0.29) is 11.9 Å². The molecule has 6 heteroatoms. The Morgan fingerprint density at radius 1 is 1.56 bits per heavy atom. The van der Waals surface area contributed by atoms with Gasteiger partial charge in [0.25, 0.3) is 0 Å². The molecule has 1 atom stereocenters. The van der Waals surface area contributed by atoms with Crippen molar-refractivity contribution >= 4 is 17.5 Å². The highest BCUT2D eigenvalue weighted by molar-refractivity contribution is 6.31. The molecule has 5 nitrogen and oxygen atoms in total. The molecule has 0 aromatic carbocycles. The van der Waals surface area contributed by atoms with Crippen LogP contribution in [0, 0.1) is 6.92 Å². The minimum absolute atomic E-state index is 0.0325. The molecule has 1 aliphatic rings. The fourth-order valence-electron chi connectivity index (χ4n) is 1.96. The van der Waals surface area contributed by atoms with Crippen LogP contribution in [0.25, 0.3) is 0 Å². The lowest BCUT2D eigenvalue weighted by Crippen LogP contribution is -2.30. The number of hydrogen-bond acceptors (Lipinski definition) is 3. The number of aromatic nitrogens is 2. The summed E-state index contributed by atoms with van der Waals surface area (Å²) in [5.74, 6) is 0.0741. The first-order valence-corrected chi connectivity index (χ1v) is 5.66. The monoisotopic (exact) mass is 242 g/mol. The highest BCUT2D eigenvalue weighted by Gasteiger charge is 2.23. The predicted octanol–water partition coefficient (Wildman–Crippen LogP) is 0.533. The standard InChI is InChI=1S/C10H15ClN4O/c1-6-9(11)10(15(2)14-6)7-5-13-8(16)3-4-12-7/h7,12H,3-5H2,1-2H3,(H,13,16). The molecule has 0 aliphatic carbocycles. The first-order valence-electron chi connectivity index (χ1n) is 5.28. The van der Waals surface area contributed by atoms with Crippen molar-refractivity contribution in [2.45, 2.75) is 19.4 Å². The highest BCUT2D eigenvalue weighted by atomic mass is 35.5. The third-order valence-electron chi connectivity index (χ3n) is 2.77. The zero-order valence-corrected chi connectivity index (χ0v) is 10.1. The molecule has 1 unspecified atom stereocenters. The average molecular weight is 243 g/mol. The van der Waals surface area contributed by atoms with Crippen LogP contribution in [0.3, 0.4) is 0 Å². The molecule has 0 bridgehead atoms. The van der Waals surface area contributed by atoms with Crippen LogP contribution in [-0.4, -0.2) is 28.8 Å². The number of hydrogen-bond donors (Lipinski definition) is 2. The van der Waals surface area contributed by atoms with Crippen LogP contribution in [0.5, 0.6) is 0 Å². The normalized spacial score (nSPS) is 21.7. The number of aryl methyl sites for hydroxylation is 2. The van der Waals surface area contributed by atoms with Crippen molar-refractivity contribution in [1.82, 2.24) is 20.4 Å². The fourth-order valence-corrected chi connectivity index (χ4v) is 2.25. The van der Waals surface area contributed by atoms with E-state index in [0.717, 1.165) is 11.4 Å². The Balaban J connectivity index is 2.26. The van der Waals surface area contributed by atoms with Crippen molar-refractivity contribution in [2.24, 2.45) is 7.05 Å². The van der Waals surface area contributed by atoms with Gasteiger partial charge in [-0.1, -0.05) is 11.6 Å². The van der Waals surface area contributed by atoms with Crippen LogP contribution in [0.15, 0.2) is 0 Å². The summed E-state index contributed by atoms with van der Waals surface area (Å²) >= 11 is 6.20. The highest BCUT2D eigenvalue weighted by Crippen LogP contribution is 2.25. The summed E-state index contributed by atoms with van der Waals surface area (Å²) in [6.45, 7) is 3.09. The Morgan fingerprint density at radius 3 is 2.94 bits per heavy atom. The molecular weight excluding hydrogens is 228 g/mol. The number of carbonyl (C=O) groups excluding carboxylic acids is 1. The van der Waals surface area contributed by atoms with Crippen molar-refractivity contribution in [3.05, 3.63) is 16.4 Å². The van der Waals surface area contributed by atoms with Crippen LogP contribution in [0.2, 0.25) is 5.02 Å². The van der Waals surface area contributed by atoms with E-state index in [9.17, 15) is 4.79 Å². The van der Waals surface area contributed by atoms with Gasteiger partial charge >= 0.3 is 0 Å². The fraction of sp³-hybridized carbons (Fsp3) is 0.600. The zero-order valence-electron chi connectivity index (χ0n) is 9.38. The molecule has 1 aromatic heterocycles. The van der Waals surface area contributed by atoms with Gasteiger partial charge in [0, 0.05) is 26.6 Å². The van der Waals surface area contributed by atoms with E-state index in [4.69, 9.17) is 11.6 Å². The molecule has 1 aromatic rings. The Hall–Kier alpha value is -1.07. The molecule has 0 spiro atoms. The molecule has 2 rings (SSSR count). The van der Waals surface area contributed by atoms with Crippen molar-refractivity contribution in [1.29, 1.82) is 0 Å². The van der Waals surface area contributed by atoms with Crippen molar-refractivity contribution < 1.29 is 4.79 Å². The van der Waals surface area contributed by atoms with Gasteiger partial charge in [0.1, 0.15) is 0 Å². The SMILES string of the molecule is Cc1nn(C)c(C2CNC(=O)CCN2)c1Cl. The van der Waals surface area contributed by atoms with Gasteiger partial charge in [-0.05, 0) is 6.92 Å². The maximum absolute atomic E-state index is 11.2. The summed E-state index contributed by atoms with van der Waals surface area (Å²) in [5.41, 5.74) is 1.75. The lowest BCUT2D eigenvalue weighted by molar-refractivity contribution is -0.120. The van der Waals surface area contributed by atoms with E-state index in [0.29, 0.717) is 24.5 Å². The summed E-state index contributed by atoms with van der Waals surface area (Å²) in [6.07, 6.45) is 0.505. The quantitative estimate of drug-likeness (QED) is 0.756. The van der Waals surface area contributed by atoms with Crippen molar-refractivity contribution in [2.75, 3.05) is 13.1 Å². The van der Waals surface area contributed by atoms with Crippen LogP contribution < -0.4 is 10.6 Å². The van der Waals surface area contributed by atoms with E-state index in [1.165, 1.54) is 0 Å². The Labute approximate surface area is 99.2 Å². The van der Waals surface area contributed by atoms with Gasteiger partial charge in [0.05, 0.1) is 22.5 Å². The van der Waals surface area contributed by atoms with E-state index in [1.54, 1.807) is 4.68 Å². The number of halogens is 1. The van der Waals surface area contributed by atoms with Gasteiger partial charge < -0.3 is 10.6 Å². The summed E-state index contributed by atoms with van der Waals surface area (Å²) in [7, 11) is 1.86. The maximum Gasteiger partial charge on any atom is 0.221 e. The number of nitrogens with one attached hydrogen (secondary N) is 2. The molecule has 0 radical (unpaired) electrons. The van der Waals surface area contributed by atoms with Crippen LogP contribution in [-0.2, 0) is 11.8 Å². The molecule has 1 fully saturated rings. The predicted molar refractivity (Wildman–Crippen MR) is 61.3 cm³/mol. The number of rotatable bonds is 1. The second-order valence-electron chi connectivity index (χ2n) is 3.97.